The van der Waals surface area contributed by atoms with Gasteiger partial charge in [-0.15, -0.1) is 0 Å². The molecular weight excluding hydrogens is 527 g/mol. The lowest BCUT2D eigenvalue weighted by Crippen LogP contribution is -2.17. The van der Waals surface area contributed by atoms with Gasteiger partial charge < -0.3 is 18.5 Å². The third kappa shape index (κ3) is 6.64. The van der Waals surface area contributed by atoms with Crippen LogP contribution in [0.1, 0.15) is 20.7 Å². The molecule has 0 unspecified atom stereocenters. The van der Waals surface area contributed by atoms with Crippen LogP contribution in [0.2, 0.25) is 0 Å². The van der Waals surface area contributed by atoms with E-state index in [0.717, 1.165) is 21.5 Å². The molecule has 0 fully saturated rings. The van der Waals surface area contributed by atoms with Crippen molar-refractivity contribution in [2.75, 3.05) is 26.4 Å². The molecule has 0 N–H and O–H groups in total. The van der Waals surface area contributed by atoms with Crippen LogP contribution < -0.4 is 5.30 Å². The molecule has 0 aliphatic heterocycles. The normalized spacial score (nSPS) is 11.4. The molecule has 0 aromatic heterocycles. The zero-order valence-corrected chi connectivity index (χ0v) is 22.5. The topological polar surface area (TPSA) is 88.1 Å². The SMILES string of the molecule is O=C(OCCOP(=O)(OCCOC(=O)c1ccc2ccccc2c1)c1ccccc1)c1ccc2ccccc2c1. The lowest BCUT2D eigenvalue weighted by Gasteiger charge is -2.19. The van der Waals surface area contributed by atoms with Crippen molar-refractivity contribution in [1.82, 2.24) is 0 Å². The second-order valence-corrected chi connectivity index (χ2v) is 10.9. The monoisotopic (exact) mass is 554 g/mol. The Balaban J connectivity index is 1.14. The van der Waals surface area contributed by atoms with Gasteiger partial charge in [-0.2, -0.15) is 0 Å². The predicted molar refractivity (Wildman–Crippen MR) is 154 cm³/mol. The van der Waals surface area contributed by atoms with Gasteiger partial charge in [-0.3, -0.25) is 4.57 Å². The summed E-state index contributed by atoms with van der Waals surface area (Å²) in [5.41, 5.74) is 0.823. The Hall–Kier alpha value is -4.29. The minimum atomic E-state index is -3.78. The fourth-order valence-electron chi connectivity index (χ4n) is 4.18. The first-order valence-electron chi connectivity index (χ1n) is 12.8. The summed E-state index contributed by atoms with van der Waals surface area (Å²) in [6.07, 6.45) is 0. The van der Waals surface area contributed by atoms with Crippen molar-refractivity contribution in [1.29, 1.82) is 0 Å². The molecule has 0 radical (unpaired) electrons. The van der Waals surface area contributed by atoms with Gasteiger partial charge in [0.25, 0.3) is 0 Å². The molecule has 0 amide bonds. The number of benzene rings is 5. The summed E-state index contributed by atoms with van der Waals surface area (Å²) >= 11 is 0. The predicted octanol–water partition coefficient (Wildman–Crippen LogP) is 6.56. The van der Waals surface area contributed by atoms with E-state index in [1.54, 1.807) is 54.6 Å². The number of fused-ring (bicyclic) bond motifs is 2. The Morgan fingerprint density at radius 1 is 0.500 bits per heavy atom. The maximum atomic E-state index is 13.6. The summed E-state index contributed by atoms with van der Waals surface area (Å²) in [6, 6.07) is 34.5. The fraction of sp³-hybridized carbons (Fsp3) is 0.125. The first-order chi connectivity index (χ1) is 19.5. The van der Waals surface area contributed by atoms with E-state index in [1.807, 2.05) is 60.7 Å². The van der Waals surface area contributed by atoms with E-state index < -0.39 is 19.5 Å². The van der Waals surface area contributed by atoms with Crippen molar-refractivity contribution in [3.63, 3.8) is 0 Å². The number of ether oxygens (including phenoxy) is 2. The maximum absolute atomic E-state index is 13.6. The highest BCUT2D eigenvalue weighted by Crippen LogP contribution is 2.46. The molecule has 0 spiro atoms. The van der Waals surface area contributed by atoms with Crippen molar-refractivity contribution in [3.8, 4) is 0 Å². The van der Waals surface area contributed by atoms with Gasteiger partial charge in [-0.05, 0) is 57.9 Å². The van der Waals surface area contributed by atoms with Crippen LogP contribution in [0.3, 0.4) is 0 Å². The molecule has 7 nitrogen and oxygen atoms in total. The van der Waals surface area contributed by atoms with Gasteiger partial charge >= 0.3 is 19.5 Å². The van der Waals surface area contributed by atoms with E-state index in [2.05, 4.69) is 0 Å². The zero-order valence-electron chi connectivity index (χ0n) is 21.6. The van der Waals surface area contributed by atoms with E-state index in [-0.39, 0.29) is 26.4 Å². The zero-order chi connectivity index (χ0) is 27.8. The number of hydrogen-bond acceptors (Lipinski definition) is 7. The second kappa shape index (κ2) is 12.7. The van der Waals surface area contributed by atoms with Crippen LogP contribution in [-0.4, -0.2) is 38.4 Å². The summed E-state index contributed by atoms with van der Waals surface area (Å²) in [4.78, 5) is 25.0. The molecule has 5 aromatic rings. The van der Waals surface area contributed by atoms with E-state index in [0.29, 0.717) is 16.4 Å². The van der Waals surface area contributed by atoms with Crippen molar-refractivity contribution < 1.29 is 32.7 Å². The highest BCUT2D eigenvalue weighted by molar-refractivity contribution is 7.62. The largest absolute Gasteiger partial charge is 0.460 e. The Morgan fingerprint density at radius 2 is 0.925 bits per heavy atom. The third-order valence-corrected chi connectivity index (χ3v) is 8.17. The highest BCUT2D eigenvalue weighted by atomic mass is 31.2. The summed E-state index contributed by atoms with van der Waals surface area (Å²) in [6.45, 7) is -0.545. The van der Waals surface area contributed by atoms with Crippen LogP contribution in [0.4, 0.5) is 0 Å². The molecule has 0 saturated heterocycles. The van der Waals surface area contributed by atoms with Crippen molar-refractivity contribution in [2.24, 2.45) is 0 Å². The van der Waals surface area contributed by atoms with Gasteiger partial charge in [0.1, 0.15) is 13.2 Å². The van der Waals surface area contributed by atoms with Gasteiger partial charge in [-0.25, -0.2) is 9.59 Å². The fourth-order valence-corrected chi connectivity index (χ4v) is 5.72. The van der Waals surface area contributed by atoms with Crippen molar-refractivity contribution in [2.45, 2.75) is 0 Å². The minimum Gasteiger partial charge on any atom is -0.460 e. The van der Waals surface area contributed by atoms with Gasteiger partial charge in [0.15, 0.2) is 0 Å². The molecule has 0 heterocycles. The molecule has 5 rings (SSSR count). The van der Waals surface area contributed by atoms with Gasteiger partial charge in [0.2, 0.25) is 0 Å². The molecular formula is C32H27O7P. The van der Waals surface area contributed by atoms with Gasteiger partial charge in [0, 0.05) is 0 Å². The molecule has 0 atom stereocenters. The molecule has 40 heavy (non-hydrogen) atoms. The van der Waals surface area contributed by atoms with E-state index in [9.17, 15) is 14.2 Å². The highest BCUT2D eigenvalue weighted by Gasteiger charge is 2.28. The quantitative estimate of drug-likeness (QED) is 0.104. The number of carbonyl (C=O) groups excluding carboxylic acids is 2. The molecule has 0 aliphatic carbocycles. The first kappa shape index (κ1) is 27.3. The second-order valence-electron chi connectivity index (χ2n) is 8.90. The van der Waals surface area contributed by atoms with Gasteiger partial charge in [0.05, 0.1) is 29.6 Å². The Morgan fingerprint density at radius 3 is 1.40 bits per heavy atom. The molecule has 0 saturated carbocycles. The lowest BCUT2D eigenvalue weighted by molar-refractivity contribution is 0.0407. The van der Waals surface area contributed by atoms with E-state index in [1.165, 1.54) is 0 Å². The maximum Gasteiger partial charge on any atom is 0.361 e. The molecule has 5 aromatic carbocycles. The smallest absolute Gasteiger partial charge is 0.361 e. The van der Waals surface area contributed by atoms with Crippen LogP contribution in [0.15, 0.2) is 115 Å². The average molecular weight is 555 g/mol. The first-order valence-corrected chi connectivity index (χ1v) is 14.3. The molecule has 0 bridgehead atoms. The summed E-state index contributed by atoms with van der Waals surface area (Å²) < 4.78 is 35.5. The van der Waals surface area contributed by atoms with E-state index >= 15 is 0 Å². The summed E-state index contributed by atoms with van der Waals surface area (Å²) in [5, 5.41) is 4.24. The Bertz CT molecular complexity index is 1580. The number of rotatable bonds is 11. The average Bonchev–Trinajstić information content (AvgIpc) is 3.01. The van der Waals surface area contributed by atoms with Crippen LogP contribution in [-0.2, 0) is 23.1 Å². The third-order valence-electron chi connectivity index (χ3n) is 6.20. The molecule has 0 aliphatic rings. The number of carbonyl (C=O) groups is 2. The standard InChI is InChI=1S/C32H27O7P/c33-31(28-16-14-24-8-4-6-10-26(24)22-28)36-18-20-38-40(35,30-12-2-1-3-13-30)39-21-19-37-32(34)29-17-15-25-9-5-7-11-27(25)23-29/h1-17,22-23H,18-21H2. The Kier molecular flexibility index (Phi) is 8.67. The minimum absolute atomic E-state index is 0.122. The molecule has 202 valence electrons. The van der Waals surface area contributed by atoms with Crippen LogP contribution in [0, 0.1) is 0 Å². The lowest BCUT2D eigenvalue weighted by atomic mass is 10.1. The van der Waals surface area contributed by atoms with Crippen LogP contribution in [0.5, 0.6) is 0 Å². The van der Waals surface area contributed by atoms with Gasteiger partial charge in [-0.1, -0.05) is 78.9 Å². The van der Waals surface area contributed by atoms with Crippen molar-refractivity contribution >= 4 is 46.4 Å². The van der Waals surface area contributed by atoms with Crippen LogP contribution in [0.25, 0.3) is 21.5 Å². The molecule has 8 heteroatoms. The van der Waals surface area contributed by atoms with Crippen LogP contribution >= 0.6 is 7.60 Å². The number of esters is 2. The Labute approximate surface area is 231 Å². The summed E-state index contributed by atoms with van der Waals surface area (Å²) in [7, 11) is -3.78. The van der Waals surface area contributed by atoms with E-state index in [4.69, 9.17) is 18.5 Å². The summed E-state index contributed by atoms with van der Waals surface area (Å²) in [5.74, 6) is -1.02. The number of hydrogen-bond donors (Lipinski definition) is 0. The van der Waals surface area contributed by atoms with Crippen molar-refractivity contribution in [3.05, 3.63) is 126 Å².